The molecular weight excluding hydrogens is 208 g/mol. The fourth-order valence-corrected chi connectivity index (χ4v) is 1.39. The normalized spacial score (nSPS) is 9.94. The van der Waals surface area contributed by atoms with Crippen molar-refractivity contribution < 1.29 is 19.4 Å². The van der Waals surface area contributed by atoms with Crippen molar-refractivity contribution in [3.8, 4) is 11.5 Å². The van der Waals surface area contributed by atoms with Crippen molar-refractivity contribution >= 4 is 5.97 Å². The van der Waals surface area contributed by atoms with E-state index in [1.807, 2.05) is 6.92 Å². The minimum Gasteiger partial charge on any atom is -0.507 e. The smallest absolute Gasteiger partial charge is 0.342 e. The van der Waals surface area contributed by atoms with Crippen molar-refractivity contribution in [2.45, 2.75) is 20.3 Å². The molecule has 0 spiro atoms. The predicted molar refractivity (Wildman–Crippen MR) is 60.0 cm³/mol. The number of rotatable bonds is 4. The summed E-state index contributed by atoms with van der Waals surface area (Å²) in [4.78, 5) is 11.6. The van der Waals surface area contributed by atoms with Gasteiger partial charge in [-0.2, -0.15) is 0 Å². The maximum absolute atomic E-state index is 11.6. The first-order chi connectivity index (χ1) is 7.60. The first-order valence-electron chi connectivity index (χ1n) is 5.14. The molecule has 0 aliphatic carbocycles. The van der Waals surface area contributed by atoms with E-state index in [1.54, 1.807) is 13.0 Å². The van der Waals surface area contributed by atoms with Crippen LogP contribution in [-0.4, -0.2) is 24.8 Å². The summed E-state index contributed by atoms with van der Waals surface area (Å²) in [6.45, 7) is 3.99. The molecule has 0 atom stereocenters. The predicted octanol–water partition coefficient (Wildman–Crippen LogP) is 2.28. The van der Waals surface area contributed by atoms with E-state index >= 15 is 0 Å². The molecular formula is C12H16O4. The topological polar surface area (TPSA) is 55.8 Å². The van der Waals surface area contributed by atoms with Gasteiger partial charge in [-0.25, -0.2) is 4.79 Å². The average molecular weight is 224 g/mol. The highest BCUT2D eigenvalue weighted by atomic mass is 16.5. The molecule has 4 heteroatoms. The number of carbonyl (C=O) groups excluding carboxylic acids is 1. The summed E-state index contributed by atoms with van der Waals surface area (Å²) in [6, 6.07) is 3.08. The number of carbonyl (C=O) groups is 1. The van der Waals surface area contributed by atoms with Crippen molar-refractivity contribution in [3.63, 3.8) is 0 Å². The lowest BCUT2D eigenvalue weighted by molar-refractivity contribution is 0.0501. The first-order valence-corrected chi connectivity index (χ1v) is 5.14. The third-order valence-electron chi connectivity index (χ3n) is 2.17. The second-order valence-electron chi connectivity index (χ2n) is 3.47. The number of aryl methyl sites for hydroxylation is 1. The van der Waals surface area contributed by atoms with Gasteiger partial charge in [0.25, 0.3) is 0 Å². The maximum Gasteiger partial charge on any atom is 0.342 e. The Morgan fingerprint density at radius 1 is 1.44 bits per heavy atom. The summed E-state index contributed by atoms with van der Waals surface area (Å²) >= 11 is 0. The molecule has 1 rings (SSSR count). The van der Waals surface area contributed by atoms with Crippen molar-refractivity contribution in [2.24, 2.45) is 0 Å². The molecule has 0 heterocycles. The molecule has 0 unspecified atom stereocenters. The largest absolute Gasteiger partial charge is 0.507 e. The molecule has 0 aliphatic rings. The zero-order valence-electron chi connectivity index (χ0n) is 9.74. The van der Waals surface area contributed by atoms with E-state index in [-0.39, 0.29) is 11.3 Å². The summed E-state index contributed by atoms with van der Waals surface area (Å²) in [7, 11) is 1.50. The number of ether oxygens (including phenoxy) is 2. The van der Waals surface area contributed by atoms with Crippen LogP contribution in [0.3, 0.4) is 0 Å². The number of phenolic OH excluding ortho intramolecular Hbond substituents is 1. The Morgan fingerprint density at radius 2 is 2.12 bits per heavy atom. The molecule has 0 fully saturated rings. The fraction of sp³-hybridized carbons (Fsp3) is 0.417. The number of benzene rings is 1. The van der Waals surface area contributed by atoms with Crippen LogP contribution >= 0.6 is 0 Å². The molecule has 0 radical (unpaired) electrons. The van der Waals surface area contributed by atoms with Gasteiger partial charge in [-0.05, 0) is 25.0 Å². The number of hydrogen-bond acceptors (Lipinski definition) is 4. The Labute approximate surface area is 94.8 Å². The summed E-state index contributed by atoms with van der Waals surface area (Å²) in [5.41, 5.74) is 0.840. The highest BCUT2D eigenvalue weighted by molar-refractivity contribution is 5.94. The van der Waals surface area contributed by atoms with Crippen LogP contribution in [0.25, 0.3) is 0 Å². The third kappa shape index (κ3) is 2.66. The van der Waals surface area contributed by atoms with Crippen LogP contribution in [0.4, 0.5) is 0 Å². The van der Waals surface area contributed by atoms with E-state index in [9.17, 15) is 9.90 Å². The molecule has 0 saturated carbocycles. The zero-order valence-corrected chi connectivity index (χ0v) is 9.74. The molecule has 88 valence electrons. The van der Waals surface area contributed by atoms with Gasteiger partial charge in [0, 0.05) is 6.07 Å². The minimum atomic E-state index is -0.500. The Hall–Kier alpha value is -1.71. The van der Waals surface area contributed by atoms with Crippen molar-refractivity contribution in [2.75, 3.05) is 13.7 Å². The van der Waals surface area contributed by atoms with Crippen LogP contribution in [0, 0.1) is 6.92 Å². The Kier molecular flexibility index (Phi) is 4.17. The lowest BCUT2D eigenvalue weighted by Gasteiger charge is -2.10. The van der Waals surface area contributed by atoms with Gasteiger partial charge in [0.15, 0.2) is 0 Å². The summed E-state index contributed by atoms with van der Waals surface area (Å²) in [5.74, 6) is -0.0977. The van der Waals surface area contributed by atoms with Gasteiger partial charge in [0.05, 0.1) is 13.7 Å². The number of methoxy groups -OCH3 is 1. The van der Waals surface area contributed by atoms with Gasteiger partial charge in [-0.1, -0.05) is 6.92 Å². The molecule has 0 bridgehead atoms. The lowest BCUT2D eigenvalue weighted by Crippen LogP contribution is -2.08. The average Bonchev–Trinajstić information content (AvgIpc) is 2.25. The summed E-state index contributed by atoms with van der Waals surface area (Å²) in [6.07, 6.45) is 0.752. The zero-order chi connectivity index (χ0) is 12.1. The quantitative estimate of drug-likeness (QED) is 0.797. The van der Waals surface area contributed by atoms with Crippen LogP contribution in [0.1, 0.15) is 29.3 Å². The minimum absolute atomic E-state index is 0.113. The number of phenols is 1. The van der Waals surface area contributed by atoms with Gasteiger partial charge in [-0.15, -0.1) is 0 Å². The monoisotopic (exact) mass is 224 g/mol. The van der Waals surface area contributed by atoms with E-state index in [0.29, 0.717) is 17.9 Å². The van der Waals surface area contributed by atoms with Crippen LogP contribution < -0.4 is 4.74 Å². The Bertz CT molecular complexity index is 362. The number of hydrogen-bond donors (Lipinski definition) is 1. The van der Waals surface area contributed by atoms with Gasteiger partial charge in [-0.3, -0.25) is 0 Å². The van der Waals surface area contributed by atoms with Crippen LogP contribution in [0.15, 0.2) is 12.1 Å². The third-order valence-corrected chi connectivity index (χ3v) is 2.17. The van der Waals surface area contributed by atoms with Crippen molar-refractivity contribution in [3.05, 3.63) is 23.3 Å². The van der Waals surface area contributed by atoms with E-state index in [1.165, 1.54) is 13.2 Å². The fourth-order valence-electron chi connectivity index (χ4n) is 1.39. The molecule has 1 aromatic rings. The number of aromatic hydroxyl groups is 1. The van der Waals surface area contributed by atoms with Gasteiger partial charge in [0.2, 0.25) is 0 Å². The van der Waals surface area contributed by atoms with Gasteiger partial charge < -0.3 is 14.6 Å². The van der Waals surface area contributed by atoms with E-state index in [0.717, 1.165) is 6.42 Å². The van der Waals surface area contributed by atoms with Crippen LogP contribution in [0.5, 0.6) is 11.5 Å². The Morgan fingerprint density at radius 3 is 2.62 bits per heavy atom. The van der Waals surface area contributed by atoms with E-state index < -0.39 is 5.97 Å². The standard InChI is InChI=1S/C12H16O4/c1-4-5-16-12(14)11-8(2)6-9(15-3)7-10(11)13/h6-7,13H,4-5H2,1-3H3. The van der Waals surface area contributed by atoms with Crippen LogP contribution in [0.2, 0.25) is 0 Å². The van der Waals surface area contributed by atoms with Crippen LogP contribution in [-0.2, 0) is 4.74 Å². The van der Waals surface area contributed by atoms with E-state index in [2.05, 4.69) is 0 Å². The SMILES string of the molecule is CCCOC(=O)c1c(C)cc(OC)cc1O. The van der Waals surface area contributed by atoms with Crippen molar-refractivity contribution in [1.29, 1.82) is 0 Å². The lowest BCUT2D eigenvalue weighted by atomic mass is 10.1. The summed E-state index contributed by atoms with van der Waals surface area (Å²) < 4.78 is 9.95. The van der Waals surface area contributed by atoms with E-state index in [4.69, 9.17) is 9.47 Å². The van der Waals surface area contributed by atoms with Gasteiger partial charge in [0.1, 0.15) is 17.1 Å². The molecule has 0 aromatic heterocycles. The Balaban J connectivity index is 3.00. The highest BCUT2D eigenvalue weighted by Gasteiger charge is 2.16. The molecule has 1 N–H and O–H groups in total. The molecule has 1 aromatic carbocycles. The highest BCUT2D eigenvalue weighted by Crippen LogP contribution is 2.27. The van der Waals surface area contributed by atoms with Gasteiger partial charge >= 0.3 is 5.97 Å². The second kappa shape index (κ2) is 5.39. The van der Waals surface area contributed by atoms with Crippen molar-refractivity contribution in [1.82, 2.24) is 0 Å². The maximum atomic E-state index is 11.6. The molecule has 4 nitrogen and oxygen atoms in total. The molecule has 0 amide bonds. The molecule has 0 aliphatic heterocycles. The first kappa shape index (κ1) is 12.4. The molecule has 16 heavy (non-hydrogen) atoms. The molecule has 0 saturated heterocycles. The second-order valence-corrected chi connectivity index (χ2v) is 3.47. The number of esters is 1. The summed E-state index contributed by atoms with van der Waals surface area (Å²) in [5, 5.41) is 9.69.